The number of hydrogen-bond acceptors (Lipinski definition) is 3. The molecule has 2 atom stereocenters. The van der Waals surface area contributed by atoms with Crippen LogP contribution in [0.2, 0.25) is 0 Å². The van der Waals surface area contributed by atoms with Gasteiger partial charge in [-0.3, -0.25) is 9.59 Å². The molecule has 3 rings (SSSR count). The van der Waals surface area contributed by atoms with Crippen molar-refractivity contribution in [2.75, 3.05) is 27.2 Å². The lowest BCUT2D eigenvalue weighted by molar-refractivity contribution is -0.144. The molecule has 2 N–H and O–H groups in total. The van der Waals surface area contributed by atoms with Gasteiger partial charge in [0.2, 0.25) is 5.91 Å². The molecule has 2 amide bonds. The second kappa shape index (κ2) is 6.93. The van der Waals surface area contributed by atoms with Gasteiger partial charge in [0.1, 0.15) is 0 Å². The van der Waals surface area contributed by atoms with Crippen molar-refractivity contribution in [3.05, 3.63) is 35.4 Å². The fourth-order valence-corrected chi connectivity index (χ4v) is 4.30. The van der Waals surface area contributed by atoms with Crippen LogP contribution in [-0.2, 0) is 11.3 Å². The molecular weight excluding hydrogens is 302 g/mol. The minimum Gasteiger partial charge on any atom is -0.355 e. The van der Waals surface area contributed by atoms with Crippen LogP contribution in [0.1, 0.15) is 41.6 Å². The van der Waals surface area contributed by atoms with Crippen LogP contribution < -0.4 is 10.6 Å². The highest BCUT2D eigenvalue weighted by atomic mass is 16.2. The van der Waals surface area contributed by atoms with Gasteiger partial charge < -0.3 is 15.5 Å². The molecule has 1 aromatic rings. The number of hydrogen-bond donors (Lipinski definition) is 2. The van der Waals surface area contributed by atoms with Crippen LogP contribution in [0.5, 0.6) is 0 Å². The highest BCUT2D eigenvalue weighted by Crippen LogP contribution is 2.45. The lowest BCUT2D eigenvalue weighted by Gasteiger charge is -2.39. The number of carbonyl (C=O) groups excluding carboxylic acids is 2. The van der Waals surface area contributed by atoms with E-state index < -0.39 is 0 Å². The van der Waals surface area contributed by atoms with E-state index in [4.69, 9.17) is 0 Å². The maximum absolute atomic E-state index is 13.1. The SMILES string of the molecule is CNC(=O)c1ccc(CN(C)C(=O)[C@@]23CCCC[C@H]2CNC3)cc1. The summed E-state index contributed by atoms with van der Waals surface area (Å²) >= 11 is 0. The minimum atomic E-state index is -0.199. The zero-order chi connectivity index (χ0) is 17.2. The molecule has 24 heavy (non-hydrogen) atoms. The first-order chi connectivity index (χ1) is 11.6. The lowest BCUT2D eigenvalue weighted by atomic mass is 9.67. The van der Waals surface area contributed by atoms with Crippen molar-refractivity contribution in [1.29, 1.82) is 0 Å². The third kappa shape index (κ3) is 3.05. The zero-order valence-electron chi connectivity index (χ0n) is 14.6. The summed E-state index contributed by atoms with van der Waals surface area (Å²) in [6, 6.07) is 7.48. The predicted molar refractivity (Wildman–Crippen MR) is 93.6 cm³/mol. The molecule has 1 heterocycles. The third-order valence-corrected chi connectivity index (χ3v) is 5.67. The molecule has 2 fully saturated rings. The second-order valence-electron chi connectivity index (χ2n) is 7.17. The molecule has 0 bridgehead atoms. The summed E-state index contributed by atoms with van der Waals surface area (Å²) in [5.74, 6) is 0.663. The molecule has 130 valence electrons. The Morgan fingerprint density at radius 3 is 2.75 bits per heavy atom. The Labute approximate surface area is 143 Å². The molecule has 1 aromatic carbocycles. The number of fused-ring (bicyclic) bond motifs is 1. The molecule has 2 aliphatic rings. The normalized spacial score (nSPS) is 25.8. The predicted octanol–water partition coefficient (Wildman–Crippen LogP) is 1.78. The molecule has 0 spiro atoms. The van der Waals surface area contributed by atoms with E-state index in [1.807, 2.05) is 36.2 Å². The molecule has 0 aromatic heterocycles. The maximum Gasteiger partial charge on any atom is 0.251 e. The quantitative estimate of drug-likeness (QED) is 0.885. The highest BCUT2D eigenvalue weighted by Gasteiger charge is 2.50. The summed E-state index contributed by atoms with van der Waals surface area (Å²) in [7, 11) is 3.52. The maximum atomic E-state index is 13.1. The van der Waals surface area contributed by atoms with Crippen molar-refractivity contribution in [3.8, 4) is 0 Å². The zero-order valence-corrected chi connectivity index (χ0v) is 14.6. The summed E-state index contributed by atoms with van der Waals surface area (Å²) in [6.45, 7) is 2.37. The summed E-state index contributed by atoms with van der Waals surface area (Å²) in [5, 5.41) is 6.06. The van der Waals surface area contributed by atoms with E-state index in [1.165, 1.54) is 6.42 Å². The van der Waals surface area contributed by atoms with Gasteiger partial charge in [0.05, 0.1) is 5.41 Å². The minimum absolute atomic E-state index is 0.0908. The van der Waals surface area contributed by atoms with Gasteiger partial charge in [0.25, 0.3) is 5.91 Å². The summed E-state index contributed by atoms with van der Waals surface area (Å²) in [4.78, 5) is 26.6. The van der Waals surface area contributed by atoms with E-state index in [1.54, 1.807) is 7.05 Å². The van der Waals surface area contributed by atoms with Crippen molar-refractivity contribution >= 4 is 11.8 Å². The Bertz CT molecular complexity index is 614. The third-order valence-electron chi connectivity index (χ3n) is 5.67. The molecular formula is C19H27N3O2. The first-order valence-corrected chi connectivity index (χ1v) is 8.84. The van der Waals surface area contributed by atoms with Crippen LogP contribution >= 0.6 is 0 Å². The smallest absolute Gasteiger partial charge is 0.251 e. The molecule has 1 saturated carbocycles. The first kappa shape index (κ1) is 17.0. The summed E-state index contributed by atoms with van der Waals surface area (Å²) < 4.78 is 0. The number of benzene rings is 1. The van der Waals surface area contributed by atoms with Gasteiger partial charge in [-0.05, 0) is 43.0 Å². The van der Waals surface area contributed by atoms with Gasteiger partial charge in [-0.15, -0.1) is 0 Å². The van der Waals surface area contributed by atoms with E-state index in [9.17, 15) is 9.59 Å². The van der Waals surface area contributed by atoms with Crippen molar-refractivity contribution in [3.63, 3.8) is 0 Å². The van der Waals surface area contributed by atoms with E-state index in [0.717, 1.165) is 37.9 Å². The highest BCUT2D eigenvalue weighted by molar-refractivity contribution is 5.94. The summed E-state index contributed by atoms with van der Waals surface area (Å²) in [6.07, 6.45) is 4.56. The van der Waals surface area contributed by atoms with Crippen LogP contribution in [0.15, 0.2) is 24.3 Å². The number of nitrogens with zero attached hydrogens (tertiary/aromatic N) is 1. The first-order valence-electron chi connectivity index (χ1n) is 8.84. The van der Waals surface area contributed by atoms with Crippen molar-refractivity contribution in [2.24, 2.45) is 11.3 Å². The topological polar surface area (TPSA) is 61.4 Å². The molecule has 1 aliphatic carbocycles. The van der Waals surface area contributed by atoms with Gasteiger partial charge in [0.15, 0.2) is 0 Å². The standard InChI is InChI=1S/C19H27N3O2/c1-20-17(23)15-8-6-14(7-9-15)12-22(2)18(24)19-10-4-3-5-16(19)11-21-13-19/h6-9,16,21H,3-5,10-13H2,1-2H3,(H,20,23)/t16-,19+/m0/s1. The summed E-state index contributed by atoms with van der Waals surface area (Å²) in [5.41, 5.74) is 1.49. The van der Waals surface area contributed by atoms with Crippen molar-refractivity contribution < 1.29 is 9.59 Å². The Hall–Kier alpha value is -1.88. The Morgan fingerprint density at radius 1 is 1.29 bits per heavy atom. The van der Waals surface area contributed by atoms with Gasteiger partial charge >= 0.3 is 0 Å². The van der Waals surface area contributed by atoms with Crippen molar-refractivity contribution in [1.82, 2.24) is 15.5 Å². The van der Waals surface area contributed by atoms with E-state index in [0.29, 0.717) is 18.0 Å². The van der Waals surface area contributed by atoms with Crippen LogP contribution in [0, 0.1) is 11.3 Å². The fraction of sp³-hybridized carbons (Fsp3) is 0.579. The van der Waals surface area contributed by atoms with Gasteiger partial charge in [-0.2, -0.15) is 0 Å². The number of carbonyl (C=O) groups is 2. The van der Waals surface area contributed by atoms with Gasteiger partial charge in [-0.1, -0.05) is 25.0 Å². The monoisotopic (exact) mass is 329 g/mol. The van der Waals surface area contributed by atoms with E-state index in [-0.39, 0.29) is 17.2 Å². The van der Waals surface area contributed by atoms with Gasteiger partial charge in [0, 0.05) is 32.7 Å². The molecule has 1 saturated heterocycles. The van der Waals surface area contributed by atoms with Crippen LogP contribution in [0.4, 0.5) is 0 Å². The van der Waals surface area contributed by atoms with E-state index >= 15 is 0 Å². The lowest BCUT2D eigenvalue weighted by Crippen LogP contribution is -2.48. The molecule has 0 radical (unpaired) electrons. The average Bonchev–Trinajstić information content (AvgIpc) is 3.06. The van der Waals surface area contributed by atoms with Crippen LogP contribution in [0.25, 0.3) is 0 Å². The molecule has 1 aliphatic heterocycles. The largest absolute Gasteiger partial charge is 0.355 e. The number of nitrogens with one attached hydrogen (secondary N) is 2. The average molecular weight is 329 g/mol. The molecule has 5 nitrogen and oxygen atoms in total. The van der Waals surface area contributed by atoms with Crippen LogP contribution in [-0.4, -0.2) is 43.9 Å². The van der Waals surface area contributed by atoms with E-state index in [2.05, 4.69) is 10.6 Å². The number of rotatable bonds is 4. The molecule has 5 heteroatoms. The fourth-order valence-electron chi connectivity index (χ4n) is 4.30. The molecule has 0 unspecified atom stereocenters. The Balaban J connectivity index is 1.69. The van der Waals surface area contributed by atoms with Gasteiger partial charge in [-0.25, -0.2) is 0 Å². The van der Waals surface area contributed by atoms with Crippen LogP contribution in [0.3, 0.4) is 0 Å². The van der Waals surface area contributed by atoms with Crippen molar-refractivity contribution in [2.45, 2.75) is 32.2 Å². The number of amides is 2. The Morgan fingerprint density at radius 2 is 2.04 bits per heavy atom. The Kier molecular flexibility index (Phi) is 4.90. The second-order valence-corrected chi connectivity index (χ2v) is 7.17.